The Bertz CT molecular complexity index is 778. The Kier molecular flexibility index (Phi) is 4.16. The zero-order valence-corrected chi connectivity index (χ0v) is 14.6. The van der Waals surface area contributed by atoms with Crippen molar-refractivity contribution in [3.8, 4) is 17.3 Å². The standard InChI is InChI=1S/C18H21ClN4/c1-18(2,3)17-12(9-20)15(16-13(19)10-21-23-16)11-7-5-4-6-8-14(11)22-17/h10H,4-8H2,1-3H3,(H,21,23). The van der Waals surface area contributed by atoms with Gasteiger partial charge >= 0.3 is 0 Å². The number of hydrogen-bond acceptors (Lipinski definition) is 3. The fraction of sp³-hybridized carbons (Fsp3) is 0.500. The van der Waals surface area contributed by atoms with E-state index < -0.39 is 0 Å². The summed E-state index contributed by atoms with van der Waals surface area (Å²) in [6.07, 6.45) is 7.00. The second-order valence-corrected chi connectivity index (χ2v) is 7.55. The maximum Gasteiger partial charge on any atom is 0.112 e. The van der Waals surface area contributed by atoms with E-state index in [4.69, 9.17) is 16.6 Å². The fourth-order valence-electron chi connectivity index (χ4n) is 3.28. The van der Waals surface area contributed by atoms with E-state index in [0.717, 1.165) is 48.2 Å². The number of nitrogens with one attached hydrogen (secondary N) is 1. The van der Waals surface area contributed by atoms with Gasteiger partial charge in [0.1, 0.15) is 11.8 Å². The van der Waals surface area contributed by atoms with Crippen molar-refractivity contribution in [2.75, 3.05) is 0 Å². The van der Waals surface area contributed by atoms with Crippen LogP contribution in [0.2, 0.25) is 5.02 Å². The lowest BCUT2D eigenvalue weighted by Gasteiger charge is -2.24. The van der Waals surface area contributed by atoms with Gasteiger partial charge in [0.25, 0.3) is 0 Å². The van der Waals surface area contributed by atoms with Crippen molar-refractivity contribution in [1.29, 1.82) is 5.26 Å². The molecule has 0 saturated heterocycles. The van der Waals surface area contributed by atoms with Crippen LogP contribution in [-0.2, 0) is 18.3 Å². The minimum Gasteiger partial charge on any atom is -0.284 e. The van der Waals surface area contributed by atoms with Gasteiger partial charge < -0.3 is 0 Å². The Morgan fingerprint density at radius 2 is 1.96 bits per heavy atom. The van der Waals surface area contributed by atoms with E-state index in [1.54, 1.807) is 6.20 Å². The first-order valence-corrected chi connectivity index (χ1v) is 8.47. The molecule has 3 rings (SSSR count). The molecule has 2 aromatic heterocycles. The van der Waals surface area contributed by atoms with Crippen molar-refractivity contribution in [3.63, 3.8) is 0 Å². The largest absolute Gasteiger partial charge is 0.284 e. The Morgan fingerprint density at radius 3 is 2.57 bits per heavy atom. The van der Waals surface area contributed by atoms with Gasteiger partial charge in [-0.2, -0.15) is 10.4 Å². The van der Waals surface area contributed by atoms with Crippen molar-refractivity contribution >= 4 is 11.6 Å². The molecule has 2 aromatic rings. The van der Waals surface area contributed by atoms with E-state index in [1.165, 1.54) is 6.42 Å². The SMILES string of the molecule is CC(C)(C)c1nc2c(c(-c3n[nH]cc3Cl)c1C#N)CCCCC2. The second-order valence-electron chi connectivity index (χ2n) is 7.14. The molecule has 0 fully saturated rings. The van der Waals surface area contributed by atoms with Gasteiger partial charge in [-0.1, -0.05) is 38.8 Å². The predicted octanol–water partition coefficient (Wildman–Crippen LogP) is 4.56. The first kappa shape index (κ1) is 16.0. The summed E-state index contributed by atoms with van der Waals surface area (Å²) in [5.74, 6) is 0. The monoisotopic (exact) mass is 328 g/mol. The molecular formula is C18H21ClN4. The van der Waals surface area contributed by atoms with Gasteiger partial charge in [0, 0.05) is 22.9 Å². The van der Waals surface area contributed by atoms with Gasteiger partial charge in [0.15, 0.2) is 0 Å². The molecule has 2 heterocycles. The summed E-state index contributed by atoms with van der Waals surface area (Å²) in [5, 5.41) is 17.5. The van der Waals surface area contributed by atoms with Crippen molar-refractivity contribution in [3.05, 3.63) is 33.7 Å². The highest BCUT2D eigenvalue weighted by molar-refractivity contribution is 6.33. The summed E-state index contributed by atoms with van der Waals surface area (Å²) < 4.78 is 0. The zero-order valence-electron chi connectivity index (χ0n) is 13.8. The number of pyridine rings is 1. The highest BCUT2D eigenvalue weighted by Crippen LogP contribution is 2.39. The number of nitriles is 1. The topological polar surface area (TPSA) is 65.4 Å². The maximum absolute atomic E-state index is 9.85. The lowest BCUT2D eigenvalue weighted by atomic mass is 9.83. The molecule has 120 valence electrons. The van der Waals surface area contributed by atoms with E-state index >= 15 is 0 Å². The van der Waals surface area contributed by atoms with Crippen molar-refractivity contribution in [1.82, 2.24) is 15.2 Å². The lowest BCUT2D eigenvalue weighted by Crippen LogP contribution is -2.19. The first-order valence-electron chi connectivity index (χ1n) is 8.09. The van der Waals surface area contributed by atoms with E-state index in [-0.39, 0.29) is 5.41 Å². The normalized spacial score (nSPS) is 14.9. The number of aromatic amines is 1. The van der Waals surface area contributed by atoms with Crippen LogP contribution < -0.4 is 0 Å². The number of aryl methyl sites for hydroxylation is 1. The third-order valence-corrected chi connectivity index (χ3v) is 4.67. The lowest BCUT2D eigenvalue weighted by molar-refractivity contribution is 0.562. The average Bonchev–Trinajstić information content (AvgIpc) is 2.77. The molecule has 0 amide bonds. The van der Waals surface area contributed by atoms with Crippen molar-refractivity contribution in [2.24, 2.45) is 0 Å². The number of aromatic nitrogens is 3. The molecular weight excluding hydrogens is 308 g/mol. The van der Waals surface area contributed by atoms with Crippen LogP contribution in [0.4, 0.5) is 0 Å². The van der Waals surface area contributed by atoms with Gasteiger partial charge in [-0.3, -0.25) is 10.1 Å². The van der Waals surface area contributed by atoms with Gasteiger partial charge in [0.2, 0.25) is 0 Å². The van der Waals surface area contributed by atoms with Gasteiger partial charge in [-0.15, -0.1) is 0 Å². The highest BCUT2D eigenvalue weighted by Gasteiger charge is 2.29. The van der Waals surface area contributed by atoms with Crippen LogP contribution in [0.25, 0.3) is 11.3 Å². The van der Waals surface area contributed by atoms with Crippen LogP contribution in [0.5, 0.6) is 0 Å². The summed E-state index contributed by atoms with van der Waals surface area (Å²) in [5.41, 5.74) is 5.08. The van der Waals surface area contributed by atoms with Gasteiger partial charge in [-0.25, -0.2) is 0 Å². The molecule has 0 aliphatic heterocycles. The van der Waals surface area contributed by atoms with Crippen LogP contribution in [0.1, 0.15) is 62.5 Å². The van der Waals surface area contributed by atoms with Crippen molar-refractivity contribution < 1.29 is 0 Å². The molecule has 0 radical (unpaired) electrons. The number of halogens is 1. The van der Waals surface area contributed by atoms with Crippen LogP contribution in [0, 0.1) is 11.3 Å². The Labute approximate surface area is 141 Å². The molecule has 0 atom stereocenters. The third-order valence-electron chi connectivity index (χ3n) is 4.38. The molecule has 0 saturated carbocycles. The number of hydrogen-bond donors (Lipinski definition) is 1. The van der Waals surface area contributed by atoms with Gasteiger partial charge in [0.05, 0.1) is 16.3 Å². The quantitative estimate of drug-likeness (QED) is 0.780. The summed E-state index contributed by atoms with van der Waals surface area (Å²) in [6, 6.07) is 2.38. The smallest absolute Gasteiger partial charge is 0.112 e. The average molecular weight is 329 g/mol. The van der Waals surface area contributed by atoms with Crippen LogP contribution in [-0.4, -0.2) is 15.2 Å². The Morgan fingerprint density at radius 1 is 1.22 bits per heavy atom. The minimum absolute atomic E-state index is 0.204. The molecule has 0 aromatic carbocycles. The number of fused-ring (bicyclic) bond motifs is 1. The molecule has 23 heavy (non-hydrogen) atoms. The molecule has 1 N–H and O–H groups in total. The molecule has 0 spiro atoms. The summed E-state index contributed by atoms with van der Waals surface area (Å²) >= 11 is 6.33. The summed E-state index contributed by atoms with van der Waals surface area (Å²) in [4.78, 5) is 4.91. The van der Waals surface area contributed by atoms with E-state index in [0.29, 0.717) is 16.3 Å². The molecule has 1 aliphatic carbocycles. The number of H-pyrrole nitrogens is 1. The van der Waals surface area contributed by atoms with Crippen LogP contribution in [0.15, 0.2) is 6.20 Å². The first-order chi connectivity index (χ1) is 10.9. The summed E-state index contributed by atoms with van der Waals surface area (Å²) in [7, 11) is 0. The zero-order chi connectivity index (χ0) is 16.6. The Hall–Kier alpha value is -1.86. The fourth-order valence-corrected chi connectivity index (χ4v) is 3.47. The molecule has 0 bridgehead atoms. The van der Waals surface area contributed by atoms with Crippen LogP contribution >= 0.6 is 11.6 Å². The highest BCUT2D eigenvalue weighted by atomic mass is 35.5. The molecule has 0 unspecified atom stereocenters. The van der Waals surface area contributed by atoms with E-state index in [1.807, 2.05) is 0 Å². The summed E-state index contributed by atoms with van der Waals surface area (Å²) in [6.45, 7) is 6.28. The number of rotatable bonds is 1. The molecule has 4 nitrogen and oxygen atoms in total. The maximum atomic E-state index is 9.85. The number of nitrogens with zero attached hydrogens (tertiary/aromatic N) is 3. The predicted molar refractivity (Wildman–Crippen MR) is 91.5 cm³/mol. The van der Waals surface area contributed by atoms with Gasteiger partial charge in [-0.05, 0) is 31.2 Å². The second kappa shape index (κ2) is 5.98. The van der Waals surface area contributed by atoms with E-state index in [9.17, 15) is 5.26 Å². The molecule has 5 heteroatoms. The Balaban J connectivity index is 2.39. The van der Waals surface area contributed by atoms with E-state index in [2.05, 4.69) is 37.0 Å². The van der Waals surface area contributed by atoms with Crippen molar-refractivity contribution in [2.45, 2.75) is 58.3 Å². The third kappa shape index (κ3) is 2.86. The van der Waals surface area contributed by atoms with Crippen LogP contribution in [0.3, 0.4) is 0 Å². The molecule has 1 aliphatic rings. The minimum atomic E-state index is -0.204.